The lowest BCUT2D eigenvalue weighted by atomic mass is 10.2. The highest BCUT2D eigenvalue weighted by Gasteiger charge is 2.31. The van der Waals surface area contributed by atoms with Gasteiger partial charge in [0.2, 0.25) is 5.91 Å². The number of benzene rings is 2. The molecular formula is C23H21N3O4S3. The van der Waals surface area contributed by atoms with Gasteiger partial charge in [0, 0.05) is 13.0 Å². The predicted molar refractivity (Wildman–Crippen MR) is 137 cm³/mol. The minimum absolute atomic E-state index is 0.138. The van der Waals surface area contributed by atoms with Crippen molar-refractivity contribution in [3.63, 3.8) is 0 Å². The van der Waals surface area contributed by atoms with E-state index in [1.54, 1.807) is 19.1 Å². The van der Waals surface area contributed by atoms with Crippen molar-refractivity contribution in [1.82, 2.24) is 9.88 Å². The van der Waals surface area contributed by atoms with Crippen molar-refractivity contribution in [1.29, 1.82) is 0 Å². The Bertz CT molecular complexity index is 1240. The van der Waals surface area contributed by atoms with E-state index in [1.807, 2.05) is 48.5 Å². The highest BCUT2D eigenvalue weighted by molar-refractivity contribution is 8.26. The second-order valence-electron chi connectivity index (χ2n) is 7.11. The van der Waals surface area contributed by atoms with Crippen LogP contribution in [0, 0.1) is 0 Å². The number of fused-ring (bicyclic) bond motifs is 1. The molecule has 2 amide bonds. The summed E-state index contributed by atoms with van der Waals surface area (Å²) in [4.78, 5) is 31.7. The first-order valence-electron chi connectivity index (χ1n) is 10.1. The van der Waals surface area contributed by atoms with E-state index >= 15 is 0 Å². The number of carbonyl (C=O) groups excluding carboxylic acids is 2. The third-order valence-electron chi connectivity index (χ3n) is 4.91. The van der Waals surface area contributed by atoms with Gasteiger partial charge in [0.25, 0.3) is 5.91 Å². The molecule has 0 spiro atoms. The fourth-order valence-electron chi connectivity index (χ4n) is 3.21. The summed E-state index contributed by atoms with van der Waals surface area (Å²) in [7, 11) is 3.22. The second kappa shape index (κ2) is 10.3. The number of carbonyl (C=O) groups is 2. The average Bonchev–Trinajstić information content (AvgIpc) is 3.33. The van der Waals surface area contributed by atoms with E-state index in [9.17, 15) is 9.59 Å². The number of ether oxygens (including phenoxy) is 2. The van der Waals surface area contributed by atoms with E-state index in [1.165, 1.54) is 23.1 Å². The van der Waals surface area contributed by atoms with E-state index < -0.39 is 0 Å². The standard InChI is InChI=1S/C23H21N3O4S3/c1-29-15-7-5-14(6-8-15)12-19-21(28)26(23(31)33-19)11-3-4-20(27)25-22-24-17-10-9-16(30-2)13-18(17)32-22/h5-10,12-13H,3-4,11H2,1-2H3,(H,24,25,27)/b19-12-. The number of hydrogen-bond acceptors (Lipinski definition) is 8. The molecule has 170 valence electrons. The van der Waals surface area contributed by atoms with E-state index in [0.717, 1.165) is 27.3 Å². The number of anilines is 1. The molecule has 1 saturated heterocycles. The zero-order chi connectivity index (χ0) is 23.4. The number of amides is 2. The first-order valence-corrected chi connectivity index (χ1v) is 12.1. The van der Waals surface area contributed by atoms with E-state index in [0.29, 0.717) is 27.3 Å². The normalized spacial score (nSPS) is 14.8. The van der Waals surface area contributed by atoms with Gasteiger partial charge in [-0.2, -0.15) is 0 Å². The monoisotopic (exact) mass is 499 g/mol. The molecule has 2 aromatic carbocycles. The van der Waals surface area contributed by atoms with Crippen molar-refractivity contribution in [3.05, 3.63) is 52.9 Å². The Morgan fingerprint density at radius 3 is 2.61 bits per heavy atom. The molecule has 0 unspecified atom stereocenters. The lowest BCUT2D eigenvalue weighted by Crippen LogP contribution is -2.29. The molecule has 10 heteroatoms. The highest BCUT2D eigenvalue weighted by Crippen LogP contribution is 2.33. The topological polar surface area (TPSA) is 80.8 Å². The van der Waals surface area contributed by atoms with E-state index in [-0.39, 0.29) is 18.2 Å². The molecule has 0 radical (unpaired) electrons. The van der Waals surface area contributed by atoms with Gasteiger partial charge in [0.05, 0.1) is 29.3 Å². The number of rotatable bonds is 8. The fourth-order valence-corrected chi connectivity index (χ4v) is 5.43. The third-order valence-corrected chi connectivity index (χ3v) is 7.23. The van der Waals surface area contributed by atoms with Crippen molar-refractivity contribution in [3.8, 4) is 11.5 Å². The maximum atomic E-state index is 12.8. The minimum Gasteiger partial charge on any atom is -0.497 e. The minimum atomic E-state index is -0.153. The predicted octanol–water partition coefficient (Wildman–Crippen LogP) is 4.93. The second-order valence-corrected chi connectivity index (χ2v) is 9.82. The van der Waals surface area contributed by atoms with Crippen molar-refractivity contribution in [2.24, 2.45) is 0 Å². The molecule has 1 aliphatic heterocycles. The summed E-state index contributed by atoms with van der Waals surface area (Å²) in [5.41, 5.74) is 1.70. The smallest absolute Gasteiger partial charge is 0.266 e. The van der Waals surface area contributed by atoms with Gasteiger partial charge in [-0.05, 0) is 48.4 Å². The Balaban J connectivity index is 1.30. The molecule has 33 heavy (non-hydrogen) atoms. The summed E-state index contributed by atoms with van der Waals surface area (Å²) in [6, 6.07) is 13.0. The van der Waals surface area contributed by atoms with Gasteiger partial charge < -0.3 is 14.8 Å². The van der Waals surface area contributed by atoms with Gasteiger partial charge in [-0.3, -0.25) is 14.5 Å². The van der Waals surface area contributed by atoms with Crippen LogP contribution in [0.1, 0.15) is 18.4 Å². The summed E-state index contributed by atoms with van der Waals surface area (Å²) in [6.07, 6.45) is 2.56. The Labute approximate surface area is 204 Å². The Morgan fingerprint density at radius 1 is 1.15 bits per heavy atom. The van der Waals surface area contributed by atoms with E-state index in [2.05, 4.69) is 10.3 Å². The van der Waals surface area contributed by atoms with Gasteiger partial charge in [0.15, 0.2) is 5.13 Å². The van der Waals surface area contributed by atoms with E-state index in [4.69, 9.17) is 21.7 Å². The lowest BCUT2D eigenvalue weighted by Gasteiger charge is -2.13. The lowest BCUT2D eigenvalue weighted by molar-refractivity contribution is -0.122. The number of thiocarbonyl (C=S) groups is 1. The molecule has 0 atom stereocenters. The number of thioether (sulfide) groups is 1. The molecule has 1 aliphatic rings. The van der Waals surface area contributed by atoms with Crippen molar-refractivity contribution < 1.29 is 19.1 Å². The summed E-state index contributed by atoms with van der Waals surface area (Å²) < 4.78 is 11.8. The molecular weight excluding hydrogens is 478 g/mol. The fraction of sp³-hybridized carbons (Fsp3) is 0.217. The molecule has 0 saturated carbocycles. The van der Waals surface area contributed by atoms with Crippen molar-refractivity contribution in [2.45, 2.75) is 12.8 Å². The first-order chi connectivity index (χ1) is 16.0. The molecule has 0 aliphatic carbocycles. The van der Waals surface area contributed by atoms with Crippen LogP contribution in [0.5, 0.6) is 11.5 Å². The van der Waals surface area contributed by atoms with Crippen LogP contribution in [0.15, 0.2) is 47.4 Å². The average molecular weight is 500 g/mol. The number of nitrogens with one attached hydrogen (secondary N) is 1. The van der Waals surface area contributed by atoms with Gasteiger partial charge in [-0.15, -0.1) is 0 Å². The molecule has 0 bridgehead atoms. The van der Waals surface area contributed by atoms with Crippen LogP contribution in [-0.2, 0) is 9.59 Å². The van der Waals surface area contributed by atoms with Crippen LogP contribution in [0.4, 0.5) is 5.13 Å². The largest absolute Gasteiger partial charge is 0.497 e. The van der Waals surface area contributed by atoms with Crippen LogP contribution >= 0.6 is 35.3 Å². The van der Waals surface area contributed by atoms with Crippen LogP contribution in [0.25, 0.3) is 16.3 Å². The van der Waals surface area contributed by atoms with Crippen LogP contribution in [-0.4, -0.2) is 46.8 Å². The zero-order valence-electron chi connectivity index (χ0n) is 18.0. The number of thiazole rings is 1. The summed E-state index contributed by atoms with van der Waals surface area (Å²) >= 11 is 8.04. The molecule has 4 rings (SSSR count). The number of hydrogen-bond donors (Lipinski definition) is 1. The Hall–Kier alpha value is -2.95. The van der Waals surface area contributed by atoms with Crippen molar-refractivity contribution >= 4 is 72.9 Å². The maximum absolute atomic E-state index is 12.8. The van der Waals surface area contributed by atoms with Crippen molar-refractivity contribution in [2.75, 3.05) is 26.1 Å². The van der Waals surface area contributed by atoms with Gasteiger partial charge in [-0.25, -0.2) is 4.98 Å². The third kappa shape index (κ3) is 5.52. The quantitative estimate of drug-likeness (QED) is 0.348. The van der Waals surface area contributed by atoms with Crippen LogP contribution in [0.3, 0.4) is 0 Å². The summed E-state index contributed by atoms with van der Waals surface area (Å²) in [5.74, 6) is 1.21. The molecule has 1 N–H and O–H groups in total. The zero-order valence-corrected chi connectivity index (χ0v) is 20.4. The Morgan fingerprint density at radius 2 is 1.88 bits per heavy atom. The number of methoxy groups -OCH3 is 2. The molecule has 3 aromatic rings. The highest BCUT2D eigenvalue weighted by atomic mass is 32.2. The molecule has 2 heterocycles. The molecule has 1 fully saturated rings. The maximum Gasteiger partial charge on any atom is 0.266 e. The molecule has 1 aromatic heterocycles. The number of aromatic nitrogens is 1. The summed E-state index contributed by atoms with van der Waals surface area (Å²) in [6.45, 7) is 0.384. The van der Waals surface area contributed by atoms with Crippen LogP contribution in [0.2, 0.25) is 0 Å². The first kappa shape index (κ1) is 23.2. The van der Waals surface area contributed by atoms with Gasteiger partial charge >= 0.3 is 0 Å². The van der Waals surface area contributed by atoms with Gasteiger partial charge in [0.1, 0.15) is 15.8 Å². The Kier molecular flexibility index (Phi) is 7.26. The summed E-state index contributed by atoms with van der Waals surface area (Å²) in [5, 5.41) is 3.37. The van der Waals surface area contributed by atoms with Gasteiger partial charge in [-0.1, -0.05) is 47.4 Å². The van der Waals surface area contributed by atoms with Crippen LogP contribution < -0.4 is 14.8 Å². The molecule has 7 nitrogen and oxygen atoms in total. The number of nitrogens with zero attached hydrogens (tertiary/aromatic N) is 2. The SMILES string of the molecule is COc1ccc(/C=C2\SC(=S)N(CCCC(=O)Nc3nc4ccc(OC)cc4s3)C2=O)cc1.